The quantitative estimate of drug-likeness (QED) is 0.883. The SMILES string of the molecule is Cc1ccc(F)c(C(NC(=O)Cn2cnnn2)C2(C)CCCC2)c1Cl. The van der Waals surface area contributed by atoms with E-state index < -0.39 is 11.9 Å². The van der Waals surface area contributed by atoms with E-state index in [2.05, 4.69) is 27.8 Å². The van der Waals surface area contributed by atoms with Gasteiger partial charge in [-0.25, -0.2) is 9.07 Å². The maximum absolute atomic E-state index is 14.7. The van der Waals surface area contributed by atoms with Gasteiger partial charge in [-0.2, -0.15) is 0 Å². The third-order valence-electron chi connectivity index (χ3n) is 5.05. The van der Waals surface area contributed by atoms with E-state index in [4.69, 9.17) is 11.6 Å². The number of aromatic nitrogens is 4. The van der Waals surface area contributed by atoms with Crippen molar-refractivity contribution in [1.29, 1.82) is 0 Å². The van der Waals surface area contributed by atoms with Crippen LogP contribution in [-0.4, -0.2) is 26.1 Å². The number of nitrogens with one attached hydrogen (secondary N) is 1. The second-order valence-electron chi connectivity index (χ2n) is 6.96. The van der Waals surface area contributed by atoms with E-state index in [1.165, 1.54) is 17.1 Å². The zero-order chi connectivity index (χ0) is 18.0. The largest absolute Gasteiger partial charge is 0.347 e. The molecule has 1 N–H and O–H groups in total. The van der Waals surface area contributed by atoms with Crippen molar-refractivity contribution in [2.24, 2.45) is 5.41 Å². The fourth-order valence-corrected chi connectivity index (χ4v) is 3.88. The molecular formula is C17H21ClFN5O. The lowest BCUT2D eigenvalue weighted by Gasteiger charge is -2.36. The summed E-state index contributed by atoms with van der Waals surface area (Å²) in [5.74, 6) is -0.668. The van der Waals surface area contributed by atoms with Gasteiger partial charge in [0.05, 0.1) is 11.1 Å². The maximum atomic E-state index is 14.7. The topological polar surface area (TPSA) is 72.7 Å². The first-order valence-corrected chi connectivity index (χ1v) is 8.73. The summed E-state index contributed by atoms with van der Waals surface area (Å²) in [4.78, 5) is 12.5. The van der Waals surface area contributed by atoms with Crippen molar-refractivity contribution in [1.82, 2.24) is 25.5 Å². The van der Waals surface area contributed by atoms with Gasteiger partial charge in [-0.15, -0.1) is 5.10 Å². The number of aryl methyl sites for hydroxylation is 1. The highest BCUT2D eigenvalue weighted by atomic mass is 35.5. The summed E-state index contributed by atoms with van der Waals surface area (Å²) in [7, 11) is 0. The highest BCUT2D eigenvalue weighted by molar-refractivity contribution is 6.32. The minimum atomic E-state index is -0.494. The highest BCUT2D eigenvalue weighted by Crippen LogP contribution is 2.49. The summed E-state index contributed by atoms with van der Waals surface area (Å²) in [5.41, 5.74) is 0.921. The zero-order valence-electron chi connectivity index (χ0n) is 14.3. The number of benzene rings is 1. The van der Waals surface area contributed by atoms with Crippen molar-refractivity contribution in [2.45, 2.75) is 52.1 Å². The molecule has 1 saturated carbocycles. The molecule has 1 atom stereocenters. The number of tetrazole rings is 1. The normalized spacial score (nSPS) is 17.4. The van der Waals surface area contributed by atoms with Crippen LogP contribution in [0.1, 0.15) is 49.8 Å². The molecule has 3 rings (SSSR count). The molecule has 1 aliphatic carbocycles. The molecule has 1 aromatic heterocycles. The first-order valence-electron chi connectivity index (χ1n) is 8.35. The predicted molar refractivity (Wildman–Crippen MR) is 91.4 cm³/mol. The van der Waals surface area contributed by atoms with Crippen LogP contribution in [-0.2, 0) is 11.3 Å². The molecule has 25 heavy (non-hydrogen) atoms. The molecule has 0 spiro atoms. The number of halogens is 2. The monoisotopic (exact) mass is 365 g/mol. The number of rotatable bonds is 5. The van der Waals surface area contributed by atoms with Crippen LogP contribution >= 0.6 is 11.6 Å². The summed E-state index contributed by atoms with van der Waals surface area (Å²) in [5, 5.41) is 14.1. The van der Waals surface area contributed by atoms with Crippen LogP contribution in [0.2, 0.25) is 5.02 Å². The molecule has 0 aliphatic heterocycles. The minimum Gasteiger partial charge on any atom is -0.347 e. The molecule has 1 amide bonds. The average Bonchev–Trinajstić information content (AvgIpc) is 3.23. The Kier molecular flexibility index (Phi) is 5.03. The van der Waals surface area contributed by atoms with Gasteiger partial charge in [0.1, 0.15) is 18.7 Å². The summed E-state index contributed by atoms with van der Waals surface area (Å²) in [6.45, 7) is 3.90. The number of hydrogen-bond acceptors (Lipinski definition) is 4. The van der Waals surface area contributed by atoms with Crippen molar-refractivity contribution in [3.05, 3.63) is 40.4 Å². The van der Waals surface area contributed by atoms with E-state index in [1.807, 2.05) is 6.92 Å². The predicted octanol–water partition coefficient (Wildman–Crippen LogP) is 3.21. The summed E-state index contributed by atoms with van der Waals surface area (Å²) in [6, 6.07) is 2.57. The van der Waals surface area contributed by atoms with Gasteiger partial charge in [0.15, 0.2) is 0 Å². The summed E-state index contributed by atoms with van der Waals surface area (Å²) < 4.78 is 16.0. The number of carbonyl (C=O) groups is 1. The van der Waals surface area contributed by atoms with E-state index in [1.54, 1.807) is 6.07 Å². The molecule has 1 aliphatic rings. The number of carbonyl (C=O) groups excluding carboxylic acids is 1. The first kappa shape index (κ1) is 17.8. The molecule has 6 nitrogen and oxygen atoms in total. The fourth-order valence-electron chi connectivity index (χ4n) is 3.62. The smallest absolute Gasteiger partial charge is 0.242 e. The van der Waals surface area contributed by atoms with Gasteiger partial charge in [0.25, 0.3) is 0 Å². The Morgan fingerprint density at radius 1 is 1.44 bits per heavy atom. The van der Waals surface area contributed by atoms with E-state index in [9.17, 15) is 9.18 Å². The first-order chi connectivity index (χ1) is 11.9. The Morgan fingerprint density at radius 2 is 2.16 bits per heavy atom. The van der Waals surface area contributed by atoms with Crippen LogP contribution in [0.25, 0.3) is 0 Å². The van der Waals surface area contributed by atoms with Crippen molar-refractivity contribution < 1.29 is 9.18 Å². The van der Waals surface area contributed by atoms with Crippen LogP contribution < -0.4 is 5.32 Å². The molecular weight excluding hydrogens is 345 g/mol. The van der Waals surface area contributed by atoms with Crippen LogP contribution in [0.3, 0.4) is 0 Å². The molecule has 8 heteroatoms. The molecule has 0 bridgehead atoms. The summed E-state index contributed by atoms with van der Waals surface area (Å²) in [6.07, 6.45) is 5.30. The third-order valence-corrected chi connectivity index (χ3v) is 5.56. The molecule has 1 heterocycles. The number of hydrogen-bond donors (Lipinski definition) is 1. The van der Waals surface area contributed by atoms with Crippen LogP contribution in [0.4, 0.5) is 4.39 Å². The zero-order valence-corrected chi connectivity index (χ0v) is 15.1. The average molecular weight is 366 g/mol. The standard InChI is InChI=1S/C17H21ClFN5O/c1-11-5-6-12(19)14(15(11)18)16(17(2)7-3-4-8-17)21-13(25)9-24-10-20-22-23-24/h5-6,10,16H,3-4,7-9H2,1-2H3,(H,21,25). The van der Waals surface area contributed by atoms with Gasteiger partial charge < -0.3 is 5.32 Å². The third kappa shape index (κ3) is 3.66. The van der Waals surface area contributed by atoms with Gasteiger partial charge in [-0.3, -0.25) is 4.79 Å². The van der Waals surface area contributed by atoms with Crippen LogP contribution in [0, 0.1) is 18.2 Å². The van der Waals surface area contributed by atoms with Crippen LogP contribution in [0.5, 0.6) is 0 Å². The Bertz CT molecular complexity index is 759. The molecule has 1 aromatic carbocycles. The van der Waals surface area contributed by atoms with E-state index in [0.29, 0.717) is 10.6 Å². The van der Waals surface area contributed by atoms with E-state index >= 15 is 0 Å². The molecule has 134 valence electrons. The lowest BCUT2D eigenvalue weighted by molar-refractivity contribution is -0.123. The van der Waals surface area contributed by atoms with Gasteiger partial charge in [0.2, 0.25) is 5.91 Å². The molecule has 1 fully saturated rings. The highest BCUT2D eigenvalue weighted by Gasteiger charge is 2.41. The minimum absolute atomic E-state index is 0.0232. The molecule has 0 radical (unpaired) electrons. The Morgan fingerprint density at radius 3 is 2.80 bits per heavy atom. The fraction of sp³-hybridized carbons (Fsp3) is 0.529. The van der Waals surface area contributed by atoms with Gasteiger partial charge in [-0.05, 0) is 47.2 Å². The lowest BCUT2D eigenvalue weighted by Crippen LogP contribution is -2.40. The van der Waals surface area contributed by atoms with Gasteiger partial charge >= 0.3 is 0 Å². The van der Waals surface area contributed by atoms with Gasteiger partial charge in [-0.1, -0.05) is 37.4 Å². The molecule has 1 unspecified atom stereocenters. The maximum Gasteiger partial charge on any atom is 0.242 e. The second-order valence-corrected chi connectivity index (χ2v) is 7.34. The molecule has 0 saturated heterocycles. The van der Waals surface area contributed by atoms with Crippen molar-refractivity contribution in [3.8, 4) is 0 Å². The summed E-state index contributed by atoms with van der Waals surface area (Å²) >= 11 is 6.43. The Balaban J connectivity index is 1.94. The van der Waals surface area contributed by atoms with Crippen molar-refractivity contribution in [2.75, 3.05) is 0 Å². The Labute approximate surface area is 150 Å². The van der Waals surface area contributed by atoms with E-state index in [0.717, 1.165) is 31.2 Å². The van der Waals surface area contributed by atoms with Crippen molar-refractivity contribution in [3.63, 3.8) is 0 Å². The van der Waals surface area contributed by atoms with Gasteiger partial charge in [0, 0.05) is 5.56 Å². The number of amides is 1. The van der Waals surface area contributed by atoms with Crippen LogP contribution in [0.15, 0.2) is 18.5 Å². The number of nitrogens with zero attached hydrogens (tertiary/aromatic N) is 4. The van der Waals surface area contributed by atoms with Crippen molar-refractivity contribution >= 4 is 17.5 Å². The lowest BCUT2D eigenvalue weighted by atomic mass is 9.76. The van der Waals surface area contributed by atoms with E-state index in [-0.39, 0.29) is 17.9 Å². The second kappa shape index (κ2) is 7.07. The molecule has 2 aromatic rings. The Hall–Kier alpha value is -2.02.